The molecule has 0 saturated heterocycles. The van der Waals surface area contributed by atoms with Crippen LogP contribution in [-0.2, 0) is 4.74 Å². The van der Waals surface area contributed by atoms with Crippen molar-refractivity contribution in [3.05, 3.63) is 18.2 Å². The Hall–Kier alpha value is -1.33. The topological polar surface area (TPSA) is 66.4 Å². The smallest absolute Gasteiger partial charge is 0.128 e. The van der Waals surface area contributed by atoms with Gasteiger partial charge in [0.25, 0.3) is 0 Å². The van der Waals surface area contributed by atoms with Crippen LogP contribution in [0.2, 0.25) is 0 Å². The van der Waals surface area contributed by atoms with Crippen molar-refractivity contribution >= 4 is 11.6 Å². The number of nitrogens with one attached hydrogen (secondary N) is 2. The minimum Gasteiger partial charge on any atom is -0.389 e. The first-order valence-corrected chi connectivity index (χ1v) is 5.88. The summed E-state index contributed by atoms with van der Waals surface area (Å²) in [4.78, 5) is 4.37. The maximum atomic E-state index is 9.49. The van der Waals surface area contributed by atoms with E-state index >= 15 is 0 Å². The molecule has 5 heteroatoms. The van der Waals surface area contributed by atoms with Crippen LogP contribution in [0.3, 0.4) is 0 Å². The largest absolute Gasteiger partial charge is 0.389 e. The fraction of sp³-hybridized carbons (Fsp3) is 0.583. The van der Waals surface area contributed by atoms with E-state index in [1.54, 1.807) is 7.11 Å². The van der Waals surface area contributed by atoms with Gasteiger partial charge in [-0.2, -0.15) is 0 Å². The van der Waals surface area contributed by atoms with E-state index in [9.17, 15) is 5.11 Å². The monoisotopic (exact) mass is 239 g/mol. The highest BCUT2D eigenvalue weighted by Gasteiger charge is 2.03. The average Bonchev–Trinajstić information content (AvgIpc) is 2.35. The Bertz CT molecular complexity index is 320. The predicted octanol–water partition coefficient (Wildman–Crippen LogP) is 1.32. The summed E-state index contributed by atoms with van der Waals surface area (Å²) >= 11 is 0. The maximum absolute atomic E-state index is 9.49. The molecule has 1 aromatic rings. The highest BCUT2D eigenvalue weighted by atomic mass is 16.5. The first-order valence-electron chi connectivity index (χ1n) is 5.88. The molecule has 0 radical (unpaired) electrons. The lowest BCUT2D eigenvalue weighted by Crippen LogP contribution is -2.24. The molecule has 0 aliphatic rings. The zero-order valence-corrected chi connectivity index (χ0v) is 10.4. The van der Waals surface area contributed by atoms with E-state index in [-0.39, 0.29) is 0 Å². The van der Waals surface area contributed by atoms with Crippen LogP contribution in [0.1, 0.15) is 13.3 Å². The van der Waals surface area contributed by atoms with Gasteiger partial charge in [-0.3, -0.25) is 0 Å². The average molecular weight is 239 g/mol. The Morgan fingerprint density at radius 3 is 2.71 bits per heavy atom. The summed E-state index contributed by atoms with van der Waals surface area (Å²) in [7, 11) is 1.57. The van der Waals surface area contributed by atoms with Gasteiger partial charge in [-0.25, -0.2) is 4.98 Å². The number of aliphatic hydroxyl groups excluding tert-OH is 1. The lowest BCUT2D eigenvalue weighted by molar-refractivity contribution is 0.0727. The van der Waals surface area contributed by atoms with Gasteiger partial charge in [0.15, 0.2) is 0 Å². The minimum absolute atomic E-state index is 0.320. The van der Waals surface area contributed by atoms with Crippen LogP contribution < -0.4 is 10.6 Å². The Kier molecular flexibility index (Phi) is 6.35. The van der Waals surface area contributed by atoms with Crippen LogP contribution in [0.5, 0.6) is 0 Å². The van der Waals surface area contributed by atoms with Gasteiger partial charge in [-0.15, -0.1) is 0 Å². The summed E-state index contributed by atoms with van der Waals surface area (Å²) in [5.41, 5.74) is 0. The van der Waals surface area contributed by atoms with E-state index in [1.807, 2.05) is 18.2 Å². The molecular weight excluding hydrogens is 218 g/mol. The highest BCUT2D eigenvalue weighted by Crippen LogP contribution is 2.09. The van der Waals surface area contributed by atoms with Gasteiger partial charge in [0, 0.05) is 20.2 Å². The molecule has 0 bridgehead atoms. The van der Waals surface area contributed by atoms with E-state index < -0.39 is 6.10 Å². The van der Waals surface area contributed by atoms with Crippen molar-refractivity contribution in [2.75, 3.05) is 37.4 Å². The molecule has 1 heterocycles. The van der Waals surface area contributed by atoms with E-state index in [0.717, 1.165) is 24.6 Å². The van der Waals surface area contributed by atoms with E-state index in [1.165, 1.54) is 0 Å². The van der Waals surface area contributed by atoms with Gasteiger partial charge < -0.3 is 20.5 Å². The lowest BCUT2D eigenvalue weighted by atomic mass is 10.3. The van der Waals surface area contributed by atoms with E-state index in [2.05, 4.69) is 22.5 Å². The van der Waals surface area contributed by atoms with Crippen molar-refractivity contribution in [3.8, 4) is 0 Å². The molecule has 0 aliphatic heterocycles. The molecule has 0 amide bonds. The number of aromatic nitrogens is 1. The SMILES string of the molecule is CCCNc1cccc(NCC(O)COC)n1. The second-order valence-corrected chi connectivity index (χ2v) is 3.82. The number of rotatable bonds is 8. The number of aliphatic hydroxyl groups is 1. The standard InChI is InChI=1S/C12H21N3O2/c1-3-7-13-11-5-4-6-12(15-11)14-8-10(16)9-17-2/h4-6,10,16H,3,7-9H2,1-2H3,(H2,13,14,15). The Morgan fingerprint density at radius 2 is 2.06 bits per heavy atom. The summed E-state index contributed by atoms with van der Waals surface area (Å²) in [5.74, 6) is 1.60. The Labute approximate surface area is 102 Å². The zero-order valence-electron chi connectivity index (χ0n) is 10.4. The van der Waals surface area contributed by atoms with E-state index in [4.69, 9.17) is 4.74 Å². The highest BCUT2D eigenvalue weighted by molar-refractivity contribution is 5.45. The number of anilines is 2. The van der Waals surface area contributed by atoms with Gasteiger partial charge in [0.2, 0.25) is 0 Å². The number of hydrogen-bond acceptors (Lipinski definition) is 5. The van der Waals surface area contributed by atoms with Gasteiger partial charge in [-0.1, -0.05) is 13.0 Å². The third-order valence-corrected chi connectivity index (χ3v) is 2.18. The molecule has 1 aromatic heterocycles. The molecular formula is C12H21N3O2. The number of ether oxygens (including phenoxy) is 1. The molecule has 0 aromatic carbocycles. The lowest BCUT2D eigenvalue weighted by Gasteiger charge is -2.12. The molecule has 1 rings (SSSR count). The summed E-state index contributed by atoms with van der Waals surface area (Å²) < 4.78 is 4.85. The van der Waals surface area contributed by atoms with Crippen LogP contribution in [-0.4, -0.2) is 43.0 Å². The second-order valence-electron chi connectivity index (χ2n) is 3.82. The normalized spacial score (nSPS) is 12.2. The van der Waals surface area contributed by atoms with Crippen LogP contribution in [0.25, 0.3) is 0 Å². The fourth-order valence-corrected chi connectivity index (χ4v) is 1.36. The Morgan fingerprint density at radius 1 is 1.35 bits per heavy atom. The molecule has 1 atom stereocenters. The van der Waals surface area contributed by atoms with Crippen molar-refractivity contribution in [1.29, 1.82) is 0 Å². The van der Waals surface area contributed by atoms with E-state index in [0.29, 0.717) is 13.2 Å². The quantitative estimate of drug-likeness (QED) is 0.638. The van der Waals surface area contributed by atoms with Gasteiger partial charge in [0.05, 0.1) is 12.7 Å². The molecule has 17 heavy (non-hydrogen) atoms. The zero-order chi connectivity index (χ0) is 12.5. The third-order valence-electron chi connectivity index (χ3n) is 2.18. The van der Waals surface area contributed by atoms with Crippen molar-refractivity contribution in [2.45, 2.75) is 19.4 Å². The Balaban J connectivity index is 2.42. The first kappa shape index (κ1) is 13.7. The van der Waals surface area contributed by atoms with Crippen molar-refractivity contribution < 1.29 is 9.84 Å². The summed E-state index contributed by atoms with van der Waals surface area (Å²) in [6.07, 6.45) is 0.542. The molecule has 0 fully saturated rings. The molecule has 3 N–H and O–H groups in total. The molecule has 96 valence electrons. The summed E-state index contributed by atoms with van der Waals surface area (Å²) in [5, 5.41) is 15.8. The molecule has 0 spiro atoms. The van der Waals surface area contributed by atoms with Gasteiger partial charge in [-0.05, 0) is 18.6 Å². The van der Waals surface area contributed by atoms with Crippen LogP contribution in [0.15, 0.2) is 18.2 Å². The summed E-state index contributed by atoms with van der Waals surface area (Å²) in [6.45, 7) is 3.76. The predicted molar refractivity (Wildman–Crippen MR) is 69.4 cm³/mol. The molecule has 1 unspecified atom stereocenters. The minimum atomic E-state index is -0.519. The van der Waals surface area contributed by atoms with Crippen molar-refractivity contribution in [2.24, 2.45) is 0 Å². The number of nitrogens with zero attached hydrogens (tertiary/aromatic N) is 1. The second kappa shape index (κ2) is 7.86. The molecule has 0 saturated carbocycles. The molecule has 0 aliphatic carbocycles. The van der Waals surface area contributed by atoms with Gasteiger partial charge in [0.1, 0.15) is 11.6 Å². The van der Waals surface area contributed by atoms with Crippen molar-refractivity contribution in [3.63, 3.8) is 0 Å². The van der Waals surface area contributed by atoms with Gasteiger partial charge >= 0.3 is 0 Å². The van der Waals surface area contributed by atoms with Crippen LogP contribution in [0.4, 0.5) is 11.6 Å². The third kappa shape index (κ3) is 5.51. The van der Waals surface area contributed by atoms with Crippen molar-refractivity contribution in [1.82, 2.24) is 4.98 Å². The summed E-state index contributed by atoms with van der Waals surface area (Å²) in [6, 6.07) is 5.72. The number of pyridine rings is 1. The van der Waals surface area contributed by atoms with Crippen LogP contribution in [0, 0.1) is 0 Å². The maximum Gasteiger partial charge on any atom is 0.128 e. The number of methoxy groups -OCH3 is 1. The number of hydrogen-bond donors (Lipinski definition) is 3. The fourth-order valence-electron chi connectivity index (χ4n) is 1.36. The first-order chi connectivity index (χ1) is 8.26. The molecule has 5 nitrogen and oxygen atoms in total. The van der Waals surface area contributed by atoms with Crippen LogP contribution >= 0.6 is 0 Å².